The quantitative estimate of drug-likeness (QED) is 0.425. The minimum atomic E-state index is -0.260. The Labute approximate surface area is 179 Å². The second-order valence-electron chi connectivity index (χ2n) is 7.82. The molecule has 3 aromatic rings. The molecule has 0 aromatic heterocycles. The largest absolute Gasteiger partial charge is 0.361 e. The van der Waals surface area contributed by atoms with Gasteiger partial charge in [0, 0.05) is 11.8 Å². The first kappa shape index (κ1) is 20.0. The molecule has 0 N–H and O–H groups in total. The maximum atomic E-state index is 9.36. The van der Waals surface area contributed by atoms with Crippen molar-refractivity contribution in [2.24, 2.45) is 0 Å². The second kappa shape index (κ2) is 9.00. The SMILES string of the molecule is C#CC(CCC1(CCC#N)c2ccccc2-c2ccccc21)OCc1ccccc1. The topological polar surface area (TPSA) is 33.0 Å². The highest BCUT2D eigenvalue weighted by Gasteiger charge is 2.42. The van der Waals surface area contributed by atoms with E-state index < -0.39 is 0 Å². The van der Waals surface area contributed by atoms with Crippen molar-refractivity contribution in [1.29, 1.82) is 5.26 Å². The zero-order chi connectivity index (χ0) is 20.8. The van der Waals surface area contributed by atoms with Gasteiger partial charge in [-0.1, -0.05) is 84.8 Å². The van der Waals surface area contributed by atoms with Crippen LogP contribution in [0.2, 0.25) is 0 Å². The molecule has 0 spiro atoms. The van der Waals surface area contributed by atoms with Crippen molar-refractivity contribution >= 4 is 0 Å². The Morgan fingerprint density at radius 3 is 2.03 bits per heavy atom. The van der Waals surface area contributed by atoms with Crippen LogP contribution in [0, 0.1) is 23.7 Å². The van der Waals surface area contributed by atoms with E-state index in [9.17, 15) is 5.26 Å². The molecule has 0 amide bonds. The van der Waals surface area contributed by atoms with Crippen LogP contribution in [0.15, 0.2) is 78.9 Å². The number of terminal acetylenes is 1. The molecule has 0 aliphatic heterocycles. The standard InChI is InChI=1S/C28H25NO/c1-2-23(30-21-22-11-4-3-5-12-22)17-19-28(18-10-20-29)26-15-8-6-13-24(26)25-14-7-9-16-27(25)28/h1,3-9,11-16,23H,10,17-19,21H2. The Bertz CT molecular complexity index is 1040. The Morgan fingerprint density at radius 2 is 1.43 bits per heavy atom. The van der Waals surface area contributed by atoms with E-state index in [1.807, 2.05) is 30.3 Å². The van der Waals surface area contributed by atoms with E-state index in [1.54, 1.807) is 0 Å². The van der Waals surface area contributed by atoms with Crippen molar-refractivity contribution < 1.29 is 4.74 Å². The Morgan fingerprint density at radius 1 is 0.833 bits per heavy atom. The first-order valence-corrected chi connectivity index (χ1v) is 10.5. The van der Waals surface area contributed by atoms with Gasteiger partial charge in [-0.05, 0) is 47.1 Å². The third-order valence-corrected chi connectivity index (χ3v) is 6.15. The summed E-state index contributed by atoms with van der Waals surface area (Å²) in [5.41, 5.74) is 6.07. The summed E-state index contributed by atoms with van der Waals surface area (Å²) in [5.74, 6) is 2.83. The fraction of sp³-hybridized carbons (Fsp3) is 0.250. The number of ether oxygens (including phenoxy) is 1. The predicted octanol–water partition coefficient (Wildman–Crippen LogP) is 6.26. The number of hydrogen-bond donors (Lipinski definition) is 0. The van der Waals surface area contributed by atoms with E-state index in [-0.39, 0.29) is 11.5 Å². The lowest BCUT2D eigenvalue weighted by molar-refractivity contribution is 0.0677. The summed E-state index contributed by atoms with van der Waals surface area (Å²) in [6.45, 7) is 0.508. The van der Waals surface area contributed by atoms with Gasteiger partial charge in [-0.15, -0.1) is 6.42 Å². The fourth-order valence-corrected chi connectivity index (χ4v) is 4.71. The summed E-state index contributed by atoms with van der Waals surface area (Å²) in [5, 5.41) is 9.36. The van der Waals surface area contributed by atoms with Crippen LogP contribution in [0.25, 0.3) is 11.1 Å². The summed E-state index contributed by atoms with van der Waals surface area (Å²) in [6.07, 6.45) is 8.46. The number of benzene rings is 3. The molecule has 1 aliphatic rings. The van der Waals surface area contributed by atoms with Crippen molar-refractivity contribution in [2.75, 3.05) is 0 Å². The minimum absolute atomic E-state index is 0.200. The first-order chi connectivity index (χ1) is 14.8. The molecular weight excluding hydrogens is 366 g/mol. The van der Waals surface area contributed by atoms with E-state index in [1.165, 1.54) is 22.3 Å². The van der Waals surface area contributed by atoms with Crippen LogP contribution in [0.3, 0.4) is 0 Å². The molecule has 2 heteroatoms. The average molecular weight is 392 g/mol. The van der Waals surface area contributed by atoms with Crippen LogP contribution in [-0.4, -0.2) is 6.10 Å². The number of rotatable bonds is 8. The summed E-state index contributed by atoms with van der Waals surface area (Å²) >= 11 is 0. The number of nitriles is 1. The highest BCUT2D eigenvalue weighted by Crippen LogP contribution is 2.53. The monoisotopic (exact) mass is 391 g/mol. The van der Waals surface area contributed by atoms with Gasteiger partial charge >= 0.3 is 0 Å². The molecule has 0 heterocycles. The van der Waals surface area contributed by atoms with Crippen LogP contribution in [0.1, 0.15) is 42.4 Å². The summed E-state index contributed by atoms with van der Waals surface area (Å²) in [4.78, 5) is 0. The highest BCUT2D eigenvalue weighted by atomic mass is 16.5. The Hall–Kier alpha value is -3.33. The van der Waals surface area contributed by atoms with Gasteiger partial charge in [0.1, 0.15) is 6.10 Å². The number of nitrogens with zero attached hydrogens (tertiary/aromatic N) is 1. The van der Waals surface area contributed by atoms with Gasteiger partial charge in [0.2, 0.25) is 0 Å². The van der Waals surface area contributed by atoms with Crippen LogP contribution in [0.4, 0.5) is 0 Å². The molecule has 0 radical (unpaired) electrons. The predicted molar refractivity (Wildman–Crippen MR) is 121 cm³/mol. The van der Waals surface area contributed by atoms with Gasteiger partial charge in [0.25, 0.3) is 0 Å². The van der Waals surface area contributed by atoms with Gasteiger partial charge in [0.15, 0.2) is 0 Å². The van der Waals surface area contributed by atoms with E-state index in [4.69, 9.17) is 11.2 Å². The fourth-order valence-electron chi connectivity index (χ4n) is 4.71. The highest BCUT2D eigenvalue weighted by molar-refractivity contribution is 5.81. The molecular formula is C28H25NO. The second-order valence-corrected chi connectivity index (χ2v) is 7.82. The van der Waals surface area contributed by atoms with Crippen molar-refractivity contribution in [3.63, 3.8) is 0 Å². The van der Waals surface area contributed by atoms with Gasteiger partial charge in [-0.25, -0.2) is 0 Å². The summed E-state index contributed by atoms with van der Waals surface area (Å²) in [7, 11) is 0. The first-order valence-electron chi connectivity index (χ1n) is 10.5. The van der Waals surface area contributed by atoms with Crippen LogP contribution in [-0.2, 0) is 16.8 Å². The van der Waals surface area contributed by atoms with E-state index in [0.717, 1.165) is 24.8 Å². The van der Waals surface area contributed by atoms with Crippen molar-refractivity contribution in [3.8, 4) is 29.5 Å². The third-order valence-electron chi connectivity index (χ3n) is 6.15. The third kappa shape index (κ3) is 3.76. The molecule has 1 atom stereocenters. The molecule has 0 saturated heterocycles. The van der Waals surface area contributed by atoms with Crippen LogP contribution >= 0.6 is 0 Å². The zero-order valence-corrected chi connectivity index (χ0v) is 17.1. The minimum Gasteiger partial charge on any atom is -0.361 e. The maximum Gasteiger partial charge on any atom is 0.118 e. The van der Waals surface area contributed by atoms with E-state index >= 15 is 0 Å². The molecule has 1 unspecified atom stereocenters. The molecule has 4 rings (SSSR count). The van der Waals surface area contributed by atoms with Gasteiger partial charge < -0.3 is 4.74 Å². The van der Waals surface area contributed by atoms with E-state index in [0.29, 0.717) is 13.0 Å². The van der Waals surface area contributed by atoms with Crippen molar-refractivity contribution in [2.45, 2.75) is 43.8 Å². The molecule has 2 nitrogen and oxygen atoms in total. The molecule has 0 bridgehead atoms. The van der Waals surface area contributed by atoms with Gasteiger partial charge in [-0.3, -0.25) is 0 Å². The molecule has 1 aliphatic carbocycles. The maximum absolute atomic E-state index is 9.36. The molecule has 3 aromatic carbocycles. The molecule has 30 heavy (non-hydrogen) atoms. The van der Waals surface area contributed by atoms with Crippen molar-refractivity contribution in [3.05, 3.63) is 95.6 Å². The smallest absolute Gasteiger partial charge is 0.118 e. The summed E-state index contributed by atoms with van der Waals surface area (Å²) < 4.78 is 6.06. The Kier molecular flexibility index (Phi) is 5.99. The summed E-state index contributed by atoms with van der Waals surface area (Å²) in [6, 6.07) is 29.6. The lowest BCUT2D eigenvalue weighted by Gasteiger charge is -2.32. The Balaban J connectivity index is 1.60. The van der Waals surface area contributed by atoms with E-state index in [2.05, 4.69) is 60.5 Å². The normalized spacial score (nSPS) is 14.2. The molecule has 0 saturated carbocycles. The average Bonchev–Trinajstić information content (AvgIpc) is 3.09. The number of fused-ring (bicyclic) bond motifs is 3. The zero-order valence-electron chi connectivity index (χ0n) is 17.1. The van der Waals surface area contributed by atoms with Gasteiger partial charge in [-0.2, -0.15) is 5.26 Å². The number of hydrogen-bond acceptors (Lipinski definition) is 2. The lowest BCUT2D eigenvalue weighted by Crippen LogP contribution is -2.27. The van der Waals surface area contributed by atoms with Crippen LogP contribution in [0.5, 0.6) is 0 Å². The van der Waals surface area contributed by atoms with Crippen LogP contribution < -0.4 is 0 Å². The van der Waals surface area contributed by atoms with Crippen molar-refractivity contribution in [1.82, 2.24) is 0 Å². The molecule has 0 fully saturated rings. The van der Waals surface area contributed by atoms with Gasteiger partial charge in [0.05, 0.1) is 12.7 Å². The molecule has 148 valence electrons. The lowest BCUT2D eigenvalue weighted by atomic mass is 9.71.